The Hall–Kier alpha value is -1.07. The van der Waals surface area contributed by atoms with Crippen LogP contribution in [0.3, 0.4) is 0 Å². The molecule has 1 unspecified atom stereocenters. The lowest BCUT2D eigenvalue weighted by atomic mass is 10.1. The van der Waals surface area contributed by atoms with Crippen molar-refractivity contribution in [3.05, 3.63) is 35.6 Å². The van der Waals surface area contributed by atoms with Crippen LogP contribution >= 0.6 is 11.8 Å². The highest BCUT2D eigenvalue weighted by molar-refractivity contribution is 7.99. The number of benzene rings is 1. The fourth-order valence-electron chi connectivity index (χ4n) is 1.78. The predicted molar refractivity (Wildman–Crippen MR) is 67.2 cm³/mol. The monoisotopic (exact) mass is 254 g/mol. The van der Waals surface area contributed by atoms with Gasteiger partial charge in [-0.05, 0) is 13.0 Å². The third kappa shape index (κ3) is 2.98. The Morgan fingerprint density at radius 2 is 2.35 bits per heavy atom. The van der Waals surface area contributed by atoms with E-state index >= 15 is 0 Å². The van der Waals surface area contributed by atoms with Crippen molar-refractivity contribution >= 4 is 17.7 Å². The SMILES string of the molecule is C[C@@H](NC(=O)C1CSCN1)c1ccccc1F. The highest BCUT2D eigenvalue weighted by atomic mass is 32.2. The molecule has 0 radical (unpaired) electrons. The minimum atomic E-state index is -0.309. The third-order valence-electron chi connectivity index (χ3n) is 2.76. The average molecular weight is 254 g/mol. The highest BCUT2D eigenvalue weighted by Crippen LogP contribution is 2.17. The zero-order valence-corrected chi connectivity index (χ0v) is 10.4. The second kappa shape index (κ2) is 5.51. The number of carbonyl (C=O) groups is 1. The number of hydrogen-bond donors (Lipinski definition) is 2. The third-order valence-corrected chi connectivity index (χ3v) is 3.70. The molecule has 1 aliphatic rings. The molecule has 1 saturated heterocycles. The number of carbonyl (C=O) groups excluding carboxylic acids is 1. The van der Waals surface area contributed by atoms with Crippen LogP contribution in [0.4, 0.5) is 4.39 Å². The maximum atomic E-state index is 13.5. The summed E-state index contributed by atoms with van der Waals surface area (Å²) in [6, 6.07) is 6.04. The lowest BCUT2D eigenvalue weighted by molar-refractivity contribution is -0.123. The van der Waals surface area contributed by atoms with Crippen LogP contribution in [0.25, 0.3) is 0 Å². The number of nitrogens with one attached hydrogen (secondary N) is 2. The highest BCUT2D eigenvalue weighted by Gasteiger charge is 2.24. The van der Waals surface area contributed by atoms with Gasteiger partial charge in [0.25, 0.3) is 0 Å². The van der Waals surface area contributed by atoms with Gasteiger partial charge in [0, 0.05) is 17.2 Å². The van der Waals surface area contributed by atoms with Crippen LogP contribution in [-0.2, 0) is 4.79 Å². The van der Waals surface area contributed by atoms with Crippen LogP contribution in [0.5, 0.6) is 0 Å². The van der Waals surface area contributed by atoms with Gasteiger partial charge >= 0.3 is 0 Å². The molecule has 1 fully saturated rings. The molecule has 0 aromatic heterocycles. The number of amides is 1. The second-order valence-corrected chi connectivity index (χ2v) is 5.05. The van der Waals surface area contributed by atoms with Crippen molar-refractivity contribution in [3.8, 4) is 0 Å². The summed E-state index contributed by atoms with van der Waals surface area (Å²) in [4.78, 5) is 11.8. The maximum absolute atomic E-state index is 13.5. The second-order valence-electron chi connectivity index (χ2n) is 4.02. The summed E-state index contributed by atoms with van der Waals surface area (Å²) in [5.74, 6) is 1.22. The molecule has 0 bridgehead atoms. The van der Waals surface area contributed by atoms with E-state index in [0.29, 0.717) is 5.56 Å². The van der Waals surface area contributed by atoms with E-state index in [1.54, 1.807) is 36.9 Å². The first-order valence-electron chi connectivity index (χ1n) is 5.54. The van der Waals surface area contributed by atoms with Gasteiger partial charge in [-0.15, -0.1) is 11.8 Å². The predicted octanol–water partition coefficient (Wildman–Crippen LogP) is 1.67. The summed E-state index contributed by atoms with van der Waals surface area (Å²) in [6.07, 6.45) is 0. The summed E-state index contributed by atoms with van der Waals surface area (Å²) >= 11 is 1.69. The zero-order valence-electron chi connectivity index (χ0n) is 9.57. The first-order chi connectivity index (χ1) is 8.18. The summed E-state index contributed by atoms with van der Waals surface area (Å²) < 4.78 is 13.5. The van der Waals surface area contributed by atoms with Gasteiger partial charge in [0.1, 0.15) is 5.82 Å². The van der Waals surface area contributed by atoms with Gasteiger partial charge in [0.05, 0.1) is 12.1 Å². The van der Waals surface area contributed by atoms with E-state index in [9.17, 15) is 9.18 Å². The Morgan fingerprint density at radius 1 is 1.59 bits per heavy atom. The molecule has 1 aromatic rings. The van der Waals surface area contributed by atoms with Crippen molar-refractivity contribution < 1.29 is 9.18 Å². The van der Waals surface area contributed by atoms with E-state index < -0.39 is 0 Å². The Kier molecular flexibility index (Phi) is 4.02. The molecule has 0 aliphatic carbocycles. The van der Waals surface area contributed by atoms with Gasteiger partial charge in [-0.3, -0.25) is 10.1 Å². The van der Waals surface area contributed by atoms with Gasteiger partial charge in [0.2, 0.25) is 5.91 Å². The lowest BCUT2D eigenvalue weighted by Gasteiger charge is -2.17. The molecule has 17 heavy (non-hydrogen) atoms. The first-order valence-corrected chi connectivity index (χ1v) is 6.70. The van der Waals surface area contributed by atoms with E-state index in [1.807, 2.05) is 0 Å². The van der Waals surface area contributed by atoms with Crippen LogP contribution in [0, 0.1) is 5.82 Å². The topological polar surface area (TPSA) is 41.1 Å². The Labute approximate surface area is 104 Å². The fourth-order valence-corrected chi connectivity index (χ4v) is 2.72. The Morgan fingerprint density at radius 3 is 3.00 bits per heavy atom. The lowest BCUT2D eigenvalue weighted by Crippen LogP contribution is -2.43. The Balaban J connectivity index is 1.99. The van der Waals surface area contributed by atoms with Gasteiger partial charge < -0.3 is 5.32 Å². The zero-order chi connectivity index (χ0) is 12.3. The molecular formula is C12H15FN2OS. The number of rotatable bonds is 3. The van der Waals surface area contributed by atoms with Crippen molar-refractivity contribution in [1.29, 1.82) is 0 Å². The van der Waals surface area contributed by atoms with Crippen LogP contribution < -0.4 is 10.6 Å². The van der Waals surface area contributed by atoms with E-state index in [-0.39, 0.29) is 23.8 Å². The minimum Gasteiger partial charge on any atom is -0.348 e. The van der Waals surface area contributed by atoms with Gasteiger partial charge in [-0.1, -0.05) is 18.2 Å². The van der Waals surface area contributed by atoms with E-state index in [2.05, 4.69) is 10.6 Å². The molecule has 0 saturated carbocycles. The minimum absolute atomic E-state index is 0.0641. The molecule has 1 amide bonds. The number of thioether (sulfide) groups is 1. The van der Waals surface area contributed by atoms with Crippen LogP contribution in [-0.4, -0.2) is 23.6 Å². The quantitative estimate of drug-likeness (QED) is 0.862. The number of halogens is 1. The van der Waals surface area contributed by atoms with Gasteiger partial charge in [-0.25, -0.2) is 4.39 Å². The van der Waals surface area contributed by atoms with E-state index in [4.69, 9.17) is 0 Å². The smallest absolute Gasteiger partial charge is 0.238 e. The Bertz CT molecular complexity index is 407. The fraction of sp³-hybridized carbons (Fsp3) is 0.417. The van der Waals surface area contributed by atoms with Crippen molar-refractivity contribution in [3.63, 3.8) is 0 Å². The standard InChI is InChI=1S/C12H15FN2OS/c1-8(9-4-2-3-5-10(9)13)15-12(16)11-6-17-7-14-11/h2-5,8,11,14H,6-7H2,1H3,(H,15,16)/t8-,11?/m1/s1. The molecule has 1 heterocycles. The molecule has 2 N–H and O–H groups in total. The molecular weight excluding hydrogens is 239 g/mol. The summed E-state index contributed by atoms with van der Waals surface area (Å²) in [5.41, 5.74) is 0.520. The van der Waals surface area contributed by atoms with Crippen molar-refractivity contribution in [1.82, 2.24) is 10.6 Å². The van der Waals surface area contributed by atoms with E-state index in [0.717, 1.165) is 11.6 Å². The normalized spacial score (nSPS) is 21.2. The molecule has 3 nitrogen and oxygen atoms in total. The molecule has 92 valence electrons. The largest absolute Gasteiger partial charge is 0.348 e. The van der Waals surface area contributed by atoms with Crippen LogP contribution in [0.2, 0.25) is 0 Å². The first kappa shape index (κ1) is 12.4. The van der Waals surface area contributed by atoms with Crippen molar-refractivity contribution in [2.45, 2.75) is 19.0 Å². The molecule has 2 atom stereocenters. The maximum Gasteiger partial charge on any atom is 0.238 e. The molecule has 5 heteroatoms. The molecule has 2 rings (SSSR count). The summed E-state index contributed by atoms with van der Waals surface area (Å²) in [7, 11) is 0. The average Bonchev–Trinajstić information content (AvgIpc) is 2.82. The van der Waals surface area contributed by atoms with Crippen molar-refractivity contribution in [2.24, 2.45) is 0 Å². The number of hydrogen-bond acceptors (Lipinski definition) is 3. The molecule has 1 aromatic carbocycles. The van der Waals surface area contributed by atoms with E-state index in [1.165, 1.54) is 6.07 Å². The summed E-state index contributed by atoms with van der Waals surface area (Å²) in [5, 5.41) is 5.91. The van der Waals surface area contributed by atoms with Gasteiger partial charge in [0.15, 0.2) is 0 Å². The van der Waals surface area contributed by atoms with Crippen LogP contribution in [0.15, 0.2) is 24.3 Å². The summed E-state index contributed by atoms with van der Waals surface area (Å²) in [6.45, 7) is 1.79. The molecule has 0 spiro atoms. The van der Waals surface area contributed by atoms with Crippen LogP contribution in [0.1, 0.15) is 18.5 Å². The molecule has 1 aliphatic heterocycles. The van der Waals surface area contributed by atoms with Gasteiger partial charge in [-0.2, -0.15) is 0 Å². The van der Waals surface area contributed by atoms with Crippen molar-refractivity contribution in [2.75, 3.05) is 11.6 Å².